The summed E-state index contributed by atoms with van der Waals surface area (Å²) in [7, 11) is 1.81. The van der Waals surface area contributed by atoms with Crippen LogP contribution in [0.15, 0.2) is 0 Å². The Morgan fingerprint density at radius 1 is 1.33 bits per heavy atom. The Kier molecular flexibility index (Phi) is 6.81. The van der Waals surface area contributed by atoms with E-state index in [2.05, 4.69) is 25.4 Å². The highest BCUT2D eigenvalue weighted by Gasteiger charge is 2.25. The number of hydrogen-bond donors (Lipinski definition) is 1. The Labute approximate surface area is 98.0 Å². The molecule has 0 bridgehead atoms. The zero-order valence-corrected chi connectivity index (χ0v) is 11.4. The molecule has 0 aromatic rings. The topological polar surface area (TPSA) is 32.3 Å². The lowest BCUT2D eigenvalue weighted by Crippen LogP contribution is -2.44. The third-order valence-electron chi connectivity index (χ3n) is 3.10. The van der Waals surface area contributed by atoms with Gasteiger partial charge in [-0.3, -0.25) is 0 Å². The highest BCUT2D eigenvalue weighted by atomic mass is 32.2. The average molecular weight is 232 g/mol. The van der Waals surface area contributed by atoms with E-state index in [-0.39, 0.29) is 10.8 Å². The SMILES string of the molecule is CCN(C)C(=O)NCC(CC)(CC)SC. The molecule has 2 amide bonds. The van der Waals surface area contributed by atoms with E-state index >= 15 is 0 Å². The van der Waals surface area contributed by atoms with Crippen molar-refractivity contribution in [1.82, 2.24) is 10.2 Å². The second-order valence-corrected chi connectivity index (χ2v) is 5.04. The first-order chi connectivity index (χ1) is 7.05. The largest absolute Gasteiger partial charge is 0.337 e. The first-order valence-electron chi connectivity index (χ1n) is 5.59. The predicted molar refractivity (Wildman–Crippen MR) is 68.5 cm³/mol. The third-order valence-corrected chi connectivity index (χ3v) is 4.69. The van der Waals surface area contributed by atoms with Crippen LogP contribution in [0.4, 0.5) is 4.79 Å². The first-order valence-corrected chi connectivity index (χ1v) is 6.81. The summed E-state index contributed by atoms with van der Waals surface area (Å²) >= 11 is 1.85. The number of carbonyl (C=O) groups is 1. The molecular weight excluding hydrogens is 208 g/mol. The molecule has 0 aromatic carbocycles. The van der Waals surface area contributed by atoms with Gasteiger partial charge >= 0.3 is 6.03 Å². The monoisotopic (exact) mass is 232 g/mol. The lowest BCUT2D eigenvalue weighted by atomic mass is 10.0. The Balaban J connectivity index is 4.16. The molecule has 0 atom stereocenters. The second kappa shape index (κ2) is 6.99. The van der Waals surface area contributed by atoms with Crippen LogP contribution in [0.25, 0.3) is 0 Å². The smallest absolute Gasteiger partial charge is 0.317 e. The summed E-state index contributed by atoms with van der Waals surface area (Å²) < 4.78 is 0.199. The van der Waals surface area contributed by atoms with Crippen LogP contribution in [-0.2, 0) is 0 Å². The minimum Gasteiger partial charge on any atom is -0.337 e. The van der Waals surface area contributed by atoms with E-state index in [1.807, 2.05) is 25.7 Å². The zero-order chi connectivity index (χ0) is 11.9. The van der Waals surface area contributed by atoms with E-state index in [4.69, 9.17) is 0 Å². The third kappa shape index (κ3) is 4.33. The van der Waals surface area contributed by atoms with Crippen molar-refractivity contribution in [1.29, 1.82) is 0 Å². The van der Waals surface area contributed by atoms with Crippen LogP contribution in [0.1, 0.15) is 33.6 Å². The quantitative estimate of drug-likeness (QED) is 0.763. The predicted octanol–water partition coefficient (Wildman–Crippen LogP) is 2.57. The number of hydrogen-bond acceptors (Lipinski definition) is 2. The Hall–Kier alpha value is -0.380. The molecule has 0 rings (SSSR count). The highest BCUT2D eigenvalue weighted by molar-refractivity contribution is 8.00. The van der Waals surface area contributed by atoms with Gasteiger partial charge in [-0.25, -0.2) is 4.79 Å². The molecule has 0 fully saturated rings. The molecule has 0 aromatic heterocycles. The van der Waals surface area contributed by atoms with Crippen molar-refractivity contribution in [3.05, 3.63) is 0 Å². The summed E-state index contributed by atoms with van der Waals surface area (Å²) in [4.78, 5) is 13.3. The van der Waals surface area contributed by atoms with Crippen molar-refractivity contribution in [2.75, 3.05) is 26.4 Å². The molecule has 15 heavy (non-hydrogen) atoms. The first kappa shape index (κ1) is 14.6. The maximum Gasteiger partial charge on any atom is 0.317 e. The molecular formula is C11H24N2OS. The standard InChI is InChI=1S/C11H24N2OS/c1-6-11(7-2,15-5)9-12-10(14)13(4)8-3/h6-9H2,1-5H3,(H,12,14). The van der Waals surface area contributed by atoms with Crippen molar-refractivity contribution < 1.29 is 4.79 Å². The number of nitrogens with one attached hydrogen (secondary N) is 1. The van der Waals surface area contributed by atoms with Crippen LogP contribution in [0.2, 0.25) is 0 Å². The molecule has 0 aliphatic carbocycles. The lowest BCUT2D eigenvalue weighted by Gasteiger charge is -2.30. The second-order valence-electron chi connectivity index (χ2n) is 3.77. The van der Waals surface area contributed by atoms with Gasteiger partial charge in [0.1, 0.15) is 0 Å². The molecule has 1 N–H and O–H groups in total. The summed E-state index contributed by atoms with van der Waals surface area (Å²) in [5.74, 6) is 0. The fourth-order valence-electron chi connectivity index (χ4n) is 1.38. The molecule has 90 valence electrons. The van der Waals surface area contributed by atoms with Gasteiger partial charge in [-0.2, -0.15) is 11.8 Å². The highest BCUT2D eigenvalue weighted by Crippen LogP contribution is 2.29. The van der Waals surface area contributed by atoms with Crippen LogP contribution in [0.5, 0.6) is 0 Å². The van der Waals surface area contributed by atoms with Crippen LogP contribution in [0, 0.1) is 0 Å². The minimum absolute atomic E-state index is 0.0258. The molecule has 0 heterocycles. The van der Waals surface area contributed by atoms with Crippen molar-refractivity contribution in [2.24, 2.45) is 0 Å². The van der Waals surface area contributed by atoms with E-state index < -0.39 is 0 Å². The summed E-state index contributed by atoms with van der Waals surface area (Å²) in [6, 6.07) is 0.0258. The lowest BCUT2D eigenvalue weighted by molar-refractivity contribution is 0.209. The molecule has 0 saturated heterocycles. The van der Waals surface area contributed by atoms with Gasteiger partial charge in [0.15, 0.2) is 0 Å². The average Bonchev–Trinajstić information content (AvgIpc) is 2.30. The molecule has 0 saturated carbocycles. The summed E-state index contributed by atoms with van der Waals surface area (Å²) in [6.07, 6.45) is 4.28. The van der Waals surface area contributed by atoms with Gasteiger partial charge in [0.25, 0.3) is 0 Å². The molecule has 4 heteroatoms. The molecule has 0 radical (unpaired) electrons. The van der Waals surface area contributed by atoms with E-state index in [1.54, 1.807) is 4.90 Å². The summed E-state index contributed by atoms with van der Waals surface area (Å²) in [5.41, 5.74) is 0. The van der Waals surface area contributed by atoms with Gasteiger partial charge in [0, 0.05) is 24.9 Å². The maximum atomic E-state index is 11.6. The van der Waals surface area contributed by atoms with Crippen molar-refractivity contribution in [2.45, 2.75) is 38.4 Å². The van der Waals surface area contributed by atoms with E-state index in [9.17, 15) is 4.79 Å². The number of rotatable bonds is 6. The minimum atomic E-state index is 0.0258. The van der Waals surface area contributed by atoms with Gasteiger partial charge in [-0.05, 0) is 26.0 Å². The van der Waals surface area contributed by atoms with Crippen LogP contribution < -0.4 is 5.32 Å². The van der Waals surface area contributed by atoms with Crippen molar-refractivity contribution in [3.63, 3.8) is 0 Å². The number of carbonyl (C=O) groups excluding carboxylic acids is 1. The van der Waals surface area contributed by atoms with Gasteiger partial charge in [-0.1, -0.05) is 13.8 Å². The summed E-state index contributed by atoms with van der Waals surface area (Å²) in [6.45, 7) is 7.83. The number of thioether (sulfide) groups is 1. The summed E-state index contributed by atoms with van der Waals surface area (Å²) in [5, 5.41) is 2.99. The molecule has 0 unspecified atom stereocenters. The number of nitrogens with zero attached hydrogens (tertiary/aromatic N) is 1. The van der Waals surface area contributed by atoms with Crippen LogP contribution in [-0.4, -0.2) is 42.1 Å². The fraction of sp³-hybridized carbons (Fsp3) is 0.909. The van der Waals surface area contributed by atoms with Crippen molar-refractivity contribution in [3.8, 4) is 0 Å². The number of amides is 2. The fourth-order valence-corrected chi connectivity index (χ4v) is 2.17. The van der Waals surface area contributed by atoms with E-state index in [0.29, 0.717) is 0 Å². The Morgan fingerprint density at radius 2 is 1.87 bits per heavy atom. The van der Waals surface area contributed by atoms with Gasteiger partial charge in [-0.15, -0.1) is 0 Å². The zero-order valence-electron chi connectivity index (χ0n) is 10.6. The van der Waals surface area contributed by atoms with E-state index in [0.717, 1.165) is 25.9 Å². The Morgan fingerprint density at radius 3 is 2.20 bits per heavy atom. The van der Waals surface area contributed by atoms with E-state index in [1.165, 1.54) is 0 Å². The van der Waals surface area contributed by atoms with Gasteiger partial charge < -0.3 is 10.2 Å². The van der Waals surface area contributed by atoms with Crippen LogP contribution >= 0.6 is 11.8 Å². The molecule has 0 spiro atoms. The molecule has 0 aliphatic heterocycles. The normalized spacial score (nSPS) is 11.3. The van der Waals surface area contributed by atoms with Gasteiger partial charge in [0.2, 0.25) is 0 Å². The van der Waals surface area contributed by atoms with Crippen molar-refractivity contribution >= 4 is 17.8 Å². The van der Waals surface area contributed by atoms with Crippen LogP contribution in [0.3, 0.4) is 0 Å². The molecule has 0 aliphatic rings. The van der Waals surface area contributed by atoms with Gasteiger partial charge in [0.05, 0.1) is 0 Å². The number of urea groups is 1. The Bertz CT molecular complexity index is 185. The molecule has 3 nitrogen and oxygen atoms in total. The maximum absolute atomic E-state index is 11.6.